The minimum atomic E-state index is 0.793. The summed E-state index contributed by atoms with van der Waals surface area (Å²) in [4.78, 5) is 8.57. The summed E-state index contributed by atoms with van der Waals surface area (Å²) in [7, 11) is 0. The molecule has 0 aliphatic carbocycles. The smallest absolute Gasteiger partial charge is 0.131 e. The van der Waals surface area contributed by atoms with Crippen LogP contribution >= 0.6 is 0 Å². The maximum atomic E-state index is 4.29. The number of aromatic nitrogens is 8. The van der Waals surface area contributed by atoms with Crippen LogP contribution in [-0.2, 0) is 13.1 Å². The average molecular weight is 346 g/mol. The summed E-state index contributed by atoms with van der Waals surface area (Å²) in [5.41, 5.74) is 3.26. The normalized spacial score (nSPS) is 10.9. The van der Waals surface area contributed by atoms with E-state index < -0.39 is 0 Å². The summed E-state index contributed by atoms with van der Waals surface area (Å²) in [5, 5.41) is 16.7. The lowest BCUT2D eigenvalue weighted by Crippen LogP contribution is -2.03. The summed E-state index contributed by atoms with van der Waals surface area (Å²) in [6.45, 7) is 1.61. The van der Waals surface area contributed by atoms with Gasteiger partial charge in [-0.15, -0.1) is 10.2 Å². The third kappa shape index (κ3) is 3.80. The molecule has 0 fully saturated rings. The number of aryl methyl sites for hydroxylation is 2. The molecule has 0 atom stereocenters. The summed E-state index contributed by atoms with van der Waals surface area (Å²) >= 11 is 0. The molecule has 0 radical (unpaired) electrons. The average Bonchev–Trinajstić information content (AvgIpc) is 3.37. The standard InChI is InChI=1S/C18H18N8/c1-3-9-19-15(7-1)17-13-25(23-21-17)11-5-6-12-26-14-18(22-24-26)16-8-2-4-10-20-16/h1-4,7-10,13-14H,5-6,11-12H2. The Balaban J connectivity index is 1.27. The molecule has 4 aromatic rings. The largest absolute Gasteiger partial charge is 0.254 e. The van der Waals surface area contributed by atoms with Crippen molar-refractivity contribution < 1.29 is 0 Å². The lowest BCUT2D eigenvalue weighted by atomic mass is 10.3. The van der Waals surface area contributed by atoms with Gasteiger partial charge in [-0.25, -0.2) is 0 Å². The molecule has 26 heavy (non-hydrogen) atoms. The minimum Gasteiger partial charge on any atom is -0.254 e. The Morgan fingerprint density at radius 1 is 0.615 bits per heavy atom. The Hall–Kier alpha value is -3.42. The predicted molar refractivity (Wildman–Crippen MR) is 95.7 cm³/mol. The van der Waals surface area contributed by atoms with Crippen molar-refractivity contribution in [3.63, 3.8) is 0 Å². The summed E-state index contributed by atoms with van der Waals surface area (Å²) < 4.78 is 3.70. The van der Waals surface area contributed by atoms with Crippen LogP contribution < -0.4 is 0 Å². The monoisotopic (exact) mass is 346 g/mol. The molecule has 4 rings (SSSR count). The lowest BCUT2D eigenvalue weighted by Gasteiger charge is -2.01. The Morgan fingerprint density at radius 3 is 1.54 bits per heavy atom. The van der Waals surface area contributed by atoms with Crippen LogP contribution in [-0.4, -0.2) is 40.0 Å². The van der Waals surface area contributed by atoms with Gasteiger partial charge >= 0.3 is 0 Å². The van der Waals surface area contributed by atoms with E-state index in [0.717, 1.165) is 48.7 Å². The molecule has 4 aromatic heterocycles. The van der Waals surface area contributed by atoms with Gasteiger partial charge in [0.2, 0.25) is 0 Å². The van der Waals surface area contributed by atoms with Gasteiger partial charge in [-0.3, -0.25) is 19.3 Å². The molecule has 0 saturated heterocycles. The minimum absolute atomic E-state index is 0.793. The third-order valence-corrected chi connectivity index (χ3v) is 3.96. The zero-order valence-corrected chi connectivity index (χ0v) is 14.2. The van der Waals surface area contributed by atoms with E-state index in [4.69, 9.17) is 0 Å². The van der Waals surface area contributed by atoms with Crippen LogP contribution in [0, 0.1) is 0 Å². The van der Waals surface area contributed by atoms with Crippen LogP contribution in [0.4, 0.5) is 0 Å². The lowest BCUT2D eigenvalue weighted by molar-refractivity contribution is 0.487. The Morgan fingerprint density at radius 2 is 1.12 bits per heavy atom. The quantitative estimate of drug-likeness (QED) is 0.478. The predicted octanol–water partition coefficient (Wildman–Crippen LogP) is 2.47. The Bertz CT molecular complexity index is 866. The van der Waals surface area contributed by atoms with Crippen molar-refractivity contribution in [1.82, 2.24) is 40.0 Å². The van der Waals surface area contributed by atoms with E-state index in [1.807, 2.05) is 58.2 Å². The van der Waals surface area contributed by atoms with Crippen LogP contribution in [0.3, 0.4) is 0 Å². The molecule has 130 valence electrons. The second-order valence-corrected chi connectivity index (χ2v) is 5.87. The summed E-state index contributed by atoms with van der Waals surface area (Å²) in [6, 6.07) is 11.5. The number of unbranched alkanes of at least 4 members (excludes halogenated alkanes) is 1. The van der Waals surface area contributed by atoms with Crippen LogP contribution in [0.2, 0.25) is 0 Å². The van der Waals surface area contributed by atoms with Crippen LogP contribution in [0.25, 0.3) is 22.8 Å². The molecule has 0 aliphatic heterocycles. The first-order chi connectivity index (χ1) is 12.9. The highest BCUT2D eigenvalue weighted by Gasteiger charge is 2.06. The fourth-order valence-corrected chi connectivity index (χ4v) is 2.63. The first-order valence-corrected chi connectivity index (χ1v) is 8.51. The zero-order chi connectivity index (χ0) is 17.6. The number of hydrogen-bond donors (Lipinski definition) is 0. The van der Waals surface area contributed by atoms with Gasteiger partial charge in [0, 0.05) is 25.5 Å². The molecular weight excluding hydrogens is 328 g/mol. The molecule has 0 aliphatic rings. The van der Waals surface area contributed by atoms with E-state index in [1.165, 1.54) is 0 Å². The first-order valence-electron chi connectivity index (χ1n) is 8.51. The highest BCUT2D eigenvalue weighted by atomic mass is 15.4. The third-order valence-electron chi connectivity index (χ3n) is 3.96. The van der Waals surface area contributed by atoms with Crippen molar-refractivity contribution in [3.05, 3.63) is 61.2 Å². The molecule has 8 nitrogen and oxygen atoms in total. The van der Waals surface area contributed by atoms with Gasteiger partial charge in [0.05, 0.1) is 23.8 Å². The SMILES string of the molecule is c1ccc(-c2cn(CCCCn3cc(-c4ccccn4)nn3)nn2)nc1. The number of pyridine rings is 2. The van der Waals surface area contributed by atoms with Crippen molar-refractivity contribution in [2.24, 2.45) is 0 Å². The number of rotatable bonds is 7. The molecule has 0 aromatic carbocycles. The van der Waals surface area contributed by atoms with Gasteiger partial charge in [0.1, 0.15) is 11.4 Å². The highest BCUT2D eigenvalue weighted by Crippen LogP contribution is 2.13. The van der Waals surface area contributed by atoms with E-state index in [9.17, 15) is 0 Å². The molecule has 0 spiro atoms. The second kappa shape index (κ2) is 7.64. The van der Waals surface area contributed by atoms with Gasteiger partial charge < -0.3 is 0 Å². The van der Waals surface area contributed by atoms with Crippen LogP contribution in [0.1, 0.15) is 12.8 Å². The Kier molecular flexibility index (Phi) is 4.72. The maximum absolute atomic E-state index is 4.29. The molecule has 8 heteroatoms. The summed E-state index contributed by atoms with van der Waals surface area (Å²) in [6.07, 6.45) is 9.32. The van der Waals surface area contributed by atoms with Crippen molar-refractivity contribution in [2.45, 2.75) is 25.9 Å². The van der Waals surface area contributed by atoms with Crippen molar-refractivity contribution in [2.75, 3.05) is 0 Å². The summed E-state index contributed by atoms with van der Waals surface area (Å²) in [5.74, 6) is 0. The van der Waals surface area contributed by atoms with Crippen LogP contribution in [0.5, 0.6) is 0 Å². The van der Waals surface area contributed by atoms with E-state index in [0.29, 0.717) is 0 Å². The van der Waals surface area contributed by atoms with E-state index in [-0.39, 0.29) is 0 Å². The molecule has 0 unspecified atom stereocenters. The van der Waals surface area contributed by atoms with E-state index in [1.54, 1.807) is 12.4 Å². The van der Waals surface area contributed by atoms with Gasteiger partial charge in [0.25, 0.3) is 0 Å². The van der Waals surface area contributed by atoms with Crippen molar-refractivity contribution in [3.8, 4) is 22.8 Å². The van der Waals surface area contributed by atoms with Crippen molar-refractivity contribution >= 4 is 0 Å². The van der Waals surface area contributed by atoms with Gasteiger partial charge in [-0.05, 0) is 37.1 Å². The van der Waals surface area contributed by atoms with Gasteiger partial charge in [-0.2, -0.15) is 0 Å². The van der Waals surface area contributed by atoms with Crippen LogP contribution in [0.15, 0.2) is 61.2 Å². The molecule has 4 heterocycles. The molecule has 0 N–H and O–H groups in total. The fraction of sp³-hybridized carbons (Fsp3) is 0.222. The van der Waals surface area contributed by atoms with E-state index in [2.05, 4.69) is 30.6 Å². The zero-order valence-electron chi connectivity index (χ0n) is 14.2. The van der Waals surface area contributed by atoms with Crippen molar-refractivity contribution in [1.29, 1.82) is 0 Å². The van der Waals surface area contributed by atoms with E-state index >= 15 is 0 Å². The van der Waals surface area contributed by atoms with Gasteiger partial charge in [-0.1, -0.05) is 22.6 Å². The topological polar surface area (TPSA) is 87.2 Å². The fourth-order valence-electron chi connectivity index (χ4n) is 2.63. The van der Waals surface area contributed by atoms with Gasteiger partial charge in [0.15, 0.2) is 0 Å². The molecule has 0 saturated carbocycles. The Labute approximate surface area is 150 Å². The molecular formula is C18H18N8. The number of nitrogens with zero attached hydrogens (tertiary/aromatic N) is 8. The maximum Gasteiger partial charge on any atom is 0.131 e. The molecule has 0 amide bonds. The molecule has 0 bridgehead atoms. The highest BCUT2D eigenvalue weighted by molar-refractivity contribution is 5.51. The second-order valence-electron chi connectivity index (χ2n) is 5.87. The number of hydrogen-bond acceptors (Lipinski definition) is 6. The first kappa shape index (κ1) is 16.1.